The highest BCUT2D eigenvalue weighted by atomic mass is 32.2. The minimum absolute atomic E-state index is 0.000370. The Morgan fingerprint density at radius 3 is 2.65 bits per heavy atom. The van der Waals surface area contributed by atoms with E-state index in [0.717, 1.165) is 11.5 Å². The molecule has 0 bridgehead atoms. The number of hydrogen-bond acceptors (Lipinski definition) is 4. The van der Waals surface area contributed by atoms with Gasteiger partial charge >= 0.3 is 0 Å². The molecule has 1 atom stereocenters. The van der Waals surface area contributed by atoms with Gasteiger partial charge in [-0.25, -0.2) is 13.4 Å². The van der Waals surface area contributed by atoms with Crippen molar-refractivity contribution in [3.05, 3.63) is 22.2 Å². The molecule has 92 valence electrons. The van der Waals surface area contributed by atoms with Gasteiger partial charge in [0.2, 0.25) is 0 Å². The van der Waals surface area contributed by atoms with Gasteiger partial charge in [-0.15, -0.1) is 0 Å². The van der Waals surface area contributed by atoms with Crippen molar-refractivity contribution in [2.24, 2.45) is 0 Å². The summed E-state index contributed by atoms with van der Waals surface area (Å²) in [5, 5.41) is 0. The van der Waals surface area contributed by atoms with Gasteiger partial charge in [-0.1, -0.05) is 12.2 Å². The second-order valence-electron chi connectivity index (χ2n) is 4.93. The second-order valence-corrected chi connectivity index (χ2v) is 7.58. The van der Waals surface area contributed by atoms with Crippen LogP contribution in [0.15, 0.2) is 6.07 Å². The number of sulfone groups is 1. The number of nitrogens with one attached hydrogen (secondary N) is 1. The largest absolute Gasteiger partial charge is 0.347 e. The first-order chi connectivity index (χ1) is 8.03. The van der Waals surface area contributed by atoms with E-state index in [9.17, 15) is 8.42 Å². The summed E-state index contributed by atoms with van der Waals surface area (Å²) in [4.78, 5) is 7.57. The third-order valence-corrected chi connectivity index (χ3v) is 5.40. The van der Waals surface area contributed by atoms with Crippen LogP contribution in [-0.4, -0.2) is 29.9 Å². The summed E-state index contributed by atoms with van der Waals surface area (Å²) in [6.45, 7) is 0. The molecule has 1 saturated carbocycles. The van der Waals surface area contributed by atoms with Crippen LogP contribution in [0.2, 0.25) is 0 Å². The van der Waals surface area contributed by atoms with E-state index in [0.29, 0.717) is 17.0 Å². The summed E-state index contributed by atoms with van der Waals surface area (Å²) in [5.74, 6) is 1.82. The molecule has 0 radical (unpaired) electrons. The molecule has 17 heavy (non-hydrogen) atoms. The number of hydrogen-bond donors (Lipinski definition) is 1. The Morgan fingerprint density at radius 1 is 1.29 bits per heavy atom. The van der Waals surface area contributed by atoms with E-state index in [-0.39, 0.29) is 17.4 Å². The van der Waals surface area contributed by atoms with E-state index in [1.165, 1.54) is 12.8 Å². The molecule has 1 N–H and O–H groups in total. The fourth-order valence-electron chi connectivity index (χ4n) is 2.31. The summed E-state index contributed by atoms with van der Waals surface area (Å²) < 4.78 is 23.5. The van der Waals surface area contributed by atoms with Crippen molar-refractivity contribution in [1.82, 2.24) is 9.97 Å². The molecule has 0 spiro atoms. The number of H-pyrrole nitrogens is 1. The van der Waals surface area contributed by atoms with Crippen molar-refractivity contribution in [3.63, 3.8) is 0 Å². The van der Waals surface area contributed by atoms with Gasteiger partial charge in [0, 0.05) is 11.6 Å². The zero-order chi connectivity index (χ0) is 12.0. The highest BCUT2D eigenvalue weighted by molar-refractivity contribution is 7.91. The van der Waals surface area contributed by atoms with Crippen LogP contribution in [0.25, 0.3) is 0 Å². The first kappa shape index (κ1) is 11.3. The first-order valence-corrected chi connectivity index (χ1v) is 8.08. The molecule has 2 aliphatic rings. The molecule has 1 aliphatic carbocycles. The molecule has 2 heterocycles. The number of aromatic nitrogens is 2. The molecule has 3 rings (SSSR count). The third kappa shape index (κ3) is 2.42. The Labute approximate surface area is 105 Å². The highest BCUT2D eigenvalue weighted by Crippen LogP contribution is 2.39. The third-order valence-electron chi connectivity index (χ3n) is 3.42. The van der Waals surface area contributed by atoms with Crippen molar-refractivity contribution < 1.29 is 8.42 Å². The second kappa shape index (κ2) is 3.88. The van der Waals surface area contributed by atoms with E-state index in [4.69, 9.17) is 12.2 Å². The smallest absolute Gasteiger partial charge is 0.151 e. The van der Waals surface area contributed by atoms with Crippen LogP contribution in [-0.2, 0) is 9.84 Å². The minimum atomic E-state index is -2.87. The normalized spacial score (nSPS) is 27.2. The Kier molecular flexibility index (Phi) is 2.59. The molecule has 6 heteroatoms. The lowest BCUT2D eigenvalue weighted by Gasteiger charge is -2.09. The van der Waals surface area contributed by atoms with Crippen LogP contribution >= 0.6 is 12.2 Å². The summed E-state index contributed by atoms with van der Waals surface area (Å²) in [5.41, 5.74) is 1.13. The minimum Gasteiger partial charge on any atom is -0.347 e. The Hall–Kier alpha value is -0.750. The zero-order valence-corrected chi connectivity index (χ0v) is 11.0. The predicted octanol–water partition coefficient (Wildman–Crippen LogP) is 1.92. The van der Waals surface area contributed by atoms with Gasteiger partial charge in [-0.3, -0.25) is 0 Å². The molecular weight excluding hydrogens is 256 g/mol. The van der Waals surface area contributed by atoms with E-state index in [2.05, 4.69) is 9.97 Å². The van der Waals surface area contributed by atoms with E-state index in [1.54, 1.807) is 0 Å². The Bertz CT molecular complexity index is 602. The van der Waals surface area contributed by atoms with Crippen molar-refractivity contribution in [2.45, 2.75) is 31.1 Å². The van der Waals surface area contributed by atoms with Crippen LogP contribution in [0.3, 0.4) is 0 Å². The molecule has 4 nitrogen and oxygen atoms in total. The van der Waals surface area contributed by atoms with Crippen LogP contribution < -0.4 is 0 Å². The molecular formula is C11H14N2O2S2. The summed E-state index contributed by atoms with van der Waals surface area (Å²) in [6.07, 6.45) is 3.05. The van der Waals surface area contributed by atoms with Gasteiger partial charge in [0.15, 0.2) is 9.84 Å². The summed E-state index contributed by atoms with van der Waals surface area (Å²) in [6, 6.07) is 1.90. The van der Waals surface area contributed by atoms with Gasteiger partial charge in [0.25, 0.3) is 0 Å². The van der Waals surface area contributed by atoms with Gasteiger partial charge in [0.05, 0.1) is 11.5 Å². The molecule has 1 aliphatic heterocycles. The predicted molar refractivity (Wildman–Crippen MR) is 67.4 cm³/mol. The van der Waals surface area contributed by atoms with E-state index >= 15 is 0 Å². The maximum atomic E-state index is 11.5. The number of aromatic amines is 1. The SMILES string of the molecule is O=S1(=O)CCC(c2nc(=S)cc(C3CC3)[nH]2)C1. The summed E-state index contributed by atoms with van der Waals surface area (Å²) >= 11 is 5.15. The number of rotatable bonds is 2. The van der Waals surface area contributed by atoms with Gasteiger partial charge in [0.1, 0.15) is 10.5 Å². The fraction of sp³-hybridized carbons (Fsp3) is 0.636. The quantitative estimate of drug-likeness (QED) is 0.834. The van der Waals surface area contributed by atoms with Gasteiger partial charge < -0.3 is 4.98 Å². The molecule has 0 aromatic carbocycles. The maximum absolute atomic E-state index is 11.5. The highest BCUT2D eigenvalue weighted by Gasteiger charge is 2.32. The average Bonchev–Trinajstić information content (AvgIpc) is 3.02. The lowest BCUT2D eigenvalue weighted by atomic mass is 10.1. The lowest BCUT2D eigenvalue weighted by molar-refractivity contribution is 0.601. The van der Waals surface area contributed by atoms with Gasteiger partial charge in [-0.2, -0.15) is 0 Å². The van der Waals surface area contributed by atoms with Crippen molar-refractivity contribution >= 4 is 22.1 Å². The lowest BCUT2D eigenvalue weighted by Crippen LogP contribution is -2.08. The standard InChI is InChI=1S/C11H14N2O2S2/c14-17(15)4-3-8(6-17)11-12-9(7-1-2-7)5-10(16)13-11/h5,7-8H,1-4,6H2,(H,12,13,16). The summed E-state index contributed by atoms with van der Waals surface area (Å²) in [7, 11) is -2.87. The number of nitrogens with zero attached hydrogens (tertiary/aromatic N) is 1. The van der Waals surface area contributed by atoms with Crippen LogP contribution in [0.5, 0.6) is 0 Å². The Morgan fingerprint density at radius 2 is 2.06 bits per heavy atom. The fourth-order valence-corrected chi connectivity index (χ4v) is 4.29. The van der Waals surface area contributed by atoms with Crippen molar-refractivity contribution in [3.8, 4) is 0 Å². The Balaban J connectivity index is 1.95. The van der Waals surface area contributed by atoms with Crippen molar-refractivity contribution in [2.75, 3.05) is 11.5 Å². The maximum Gasteiger partial charge on any atom is 0.151 e. The van der Waals surface area contributed by atoms with Crippen LogP contribution in [0, 0.1) is 4.64 Å². The van der Waals surface area contributed by atoms with E-state index in [1.807, 2.05) is 6.07 Å². The molecule has 1 unspecified atom stereocenters. The molecule has 2 fully saturated rings. The van der Waals surface area contributed by atoms with Crippen LogP contribution in [0.4, 0.5) is 0 Å². The van der Waals surface area contributed by atoms with Crippen molar-refractivity contribution in [1.29, 1.82) is 0 Å². The zero-order valence-electron chi connectivity index (χ0n) is 9.35. The molecule has 0 amide bonds. The first-order valence-electron chi connectivity index (χ1n) is 5.85. The molecule has 1 aromatic heterocycles. The van der Waals surface area contributed by atoms with Crippen LogP contribution in [0.1, 0.15) is 42.6 Å². The monoisotopic (exact) mass is 270 g/mol. The van der Waals surface area contributed by atoms with E-state index < -0.39 is 9.84 Å². The topological polar surface area (TPSA) is 62.8 Å². The molecule has 1 saturated heterocycles. The van der Waals surface area contributed by atoms with Gasteiger partial charge in [-0.05, 0) is 31.2 Å². The molecule has 1 aromatic rings. The average molecular weight is 270 g/mol.